The van der Waals surface area contributed by atoms with Crippen molar-refractivity contribution in [1.29, 1.82) is 0 Å². The first kappa shape index (κ1) is 59.6. The van der Waals surface area contributed by atoms with E-state index in [9.17, 15) is 50.4 Å². The van der Waals surface area contributed by atoms with E-state index in [1.165, 1.54) is 24.3 Å². The number of rotatable bonds is 23. The number of phenolic OH excluding ortho intramolecular Hbond substituents is 2. The van der Waals surface area contributed by atoms with Gasteiger partial charge in [0.25, 0.3) is 8.32 Å². The van der Waals surface area contributed by atoms with Crippen LogP contribution in [-0.4, -0.2) is 80.9 Å². The van der Waals surface area contributed by atoms with E-state index in [-0.39, 0.29) is 40.7 Å². The molecule has 0 heterocycles. The van der Waals surface area contributed by atoms with E-state index in [1.54, 1.807) is 24.3 Å². The van der Waals surface area contributed by atoms with Gasteiger partial charge in [0, 0.05) is 37.1 Å². The highest BCUT2D eigenvalue weighted by Gasteiger charge is 2.52. The van der Waals surface area contributed by atoms with Crippen molar-refractivity contribution >= 4 is 71.0 Å². The number of carboxylic acids is 1. The summed E-state index contributed by atoms with van der Waals surface area (Å²) in [5.74, 6) is -0.690. The fourth-order valence-corrected chi connectivity index (χ4v) is 12.4. The van der Waals surface area contributed by atoms with Gasteiger partial charge >= 0.3 is 21.6 Å². The molecular formula is C48H65F3N3O12PSSi. The third-order valence-electron chi connectivity index (χ3n) is 9.94. The van der Waals surface area contributed by atoms with Crippen molar-refractivity contribution in [2.75, 3.05) is 30.3 Å². The zero-order valence-corrected chi connectivity index (χ0v) is 42.3. The van der Waals surface area contributed by atoms with Crippen LogP contribution in [0.25, 0.3) is 0 Å². The first-order chi connectivity index (χ1) is 32.3. The second-order valence-corrected chi connectivity index (χ2v) is 26.7. The number of hydroxylamine groups is 1. The number of anilines is 2. The molecule has 0 saturated heterocycles. The molecule has 380 valence electrons. The van der Waals surface area contributed by atoms with Crippen molar-refractivity contribution < 1.29 is 69.4 Å². The number of alkyl halides is 3. The number of nitrogens with one attached hydrogen (secondary N) is 3. The Bertz CT molecular complexity index is 2310. The number of carbonyl (C=O) groups is 4. The lowest BCUT2D eigenvalue weighted by Gasteiger charge is -2.41. The molecule has 3 amide bonds. The van der Waals surface area contributed by atoms with E-state index in [0.717, 1.165) is 68.6 Å². The molecule has 6 N–H and O–H groups in total. The quantitative estimate of drug-likeness (QED) is 0.00776. The monoisotopic (exact) mass is 1020 g/mol. The van der Waals surface area contributed by atoms with Crippen LogP contribution in [0.5, 0.6) is 11.5 Å². The van der Waals surface area contributed by atoms with Crippen molar-refractivity contribution in [1.82, 2.24) is 5.48 Å². The van der Waals surface area contributed by atoms with Gasteiger partial charge in [-0.05, 0) is 103 Å². The average molecular weight is 1020 g/mol. The Labute approximate surface area is 403 Å². The third-order valence-corrected chi connectivity index (χ3v) is 16.7. The van der Waals surface area contributed by atoms with E-state index in [1.807, 2.05) is 36.4 Å². The predicted octanol–water partition coefficient (Wildman–Crippen LogP) is 9.47. The lowest BCUT2D eigenvalue weighted by Crippen LogP contribution is -2.68. The highest BCUT2D eigenvalue weighted by Crippen LogP contribution is 2.38. The van der Waals surface area contributed by atoms with E-state index in [0.29, 0.717) is 37.1 Å². The van der Waals surface area contributed by atoms with Gasteiger partial charge in [0.2, 0.25) is 17.7 Å². The molecule has 4 rings (SSSR count). The van der Waals surface area contributed by atoms with Crippen LogP contribution in [0.2, 0.25) is 5.04 Å². The molecule has 0 atom stereocenters. The number of unbranched alkanes of at least 4 members (excludes halogenated alkanes) is 6. The summed E-state index contributed by atoms with van der Waals surface area (Å²) >= 11 is 0. The molecule has 69 heavy (non-hydrogen) atoms. The number of carboxylic acid groups (broad SMARTS) is 1. The van der Waals surface area contributed by atoms with E-state index < -0.39 is 43.4 Å². The Morgan fingerprint density at radius 1 is 0.594 bits per heavy atom. The largest absolute Gasteiger partial charge is 0.523 e. The molecular weight excluding hydrogens is 959 g/mol. The number of carbonyl (C=O) groups excluding carboxylic acids is 3. The molecule has 4 aromatic rings. The number of halogens is 3. The summed E-state index contributed by atoms with van der Waals surface area (Å²) in [5, 5.41) is 34.4. The summed E-state index contributed by atoms with van der Waals surface area (Å²) in [7, 11) is -11.3. The number of phenols is 2. The van der Waals surface area contributed by atoms with E-state index in [2.05, 4.69) is 65.3 Å². The Morgan fingerprint density at radius 2 is 0.957 bits per heavy atom. The SMILES string of the molecule is CC(C)(C)[Si](ONC(=O)CCCCCCC(=O)Nc1ccc(O)cc1)(c1ccccc1)c1ccccc1.CP(C)(=O)COS(=O)(=O)C(F)(F)F.O=C(O)CCCCCCC(=O)Nc1ccc(O)cc1. The fraction of sp³-hybridized carbons (Fsp3) is 0.417. The van der Waals surface area contributed by atoms with Gasteiger partial charge < -0.3 is 35.0 Å². The van der Waals surface area contributed by atoms with Gasteiger partial charge in [0.1, 0.15) is 25.0 Å². The van der Waals surface area contributed by atoms with E-state index in [4.69, 9.17) is 14.7 Å². The minimum absolute atomic E-state index is 0.0536. The maximum atomic E-state index is 12.8. The van der Waals surface area contributed by atoms with E-state index >= 15 is 0 Å². The molecule has 0 aliphatic rings. The van der Waals surface area contributed by atoms with Crippen molar-refractivity contribution in [3.63, 3.8) is 0 Å². The highest BCUT2D eigenvalue weighted by atomic mass is 32.2. The fourth-order valence-electron chi connectivity index (χ4n) is 6.47. The Kier molecular flexibility index (Phi) is 24.9. The van der Waals surface area contributed by atoms with Crippen LogP contribution in [0, 0.1) is 0 Å². The summed E-state index contributed by atoms with van der Waals surface area (Å²) in [6.45, 7) is 8.76. The third kappa shape index (κ3) is 23.1. The second kappa shape index (κ2) is 28.8. The minimum atomic E-state index is -5.60. The number of aliphatic carboxylic acids is 1. The molecule has 0 bridgehead atoms. The van der Waals surface area contributed by atoms with Crippen molar-refractivity contribution in [2.45, 2.75) is 108 Å². The predicted molar refractivity (Wildman–Crippen MR) is 264 cm³/mol. The Hall–Kier alpha value is -5.53. The van der Waals surface area contributed by atoms with Gasteiger partial charge in [-0.25, -0.2) is 5.48 Å². The summed E-state index contributed by atoms with van der Waals surface area (Å²) < 4.78 is 76.1. The standard InChI is InChI=1S/C30H38N2O4Si.C14H19NO4.C4H8F3O4PS/c1-30(2,3)37(26-14-8-6-9-15-26,27-16-10-7-11-17-27)36-32-29(35)19-13-5-4-12-18-28(34)31-24-20-22-25(33)23-21-24;16-12-9-7-11(8-10-12)15-13(17)5-3-1-2-4-6-14(18)19;1-12(2,8)3-11-13(9,10)4(5,6)7/h6-11,14-17,20-23,33H,4-5,12-13,18-19H2,1-3H3,(H,31,34)(H,32,35);7-10,16H,1-6H2,(H,15,17)(H,18,19);3H2,1-2H3. The number of hydrogen-bond donors (Lipinski definition) is 6. The second-order valence-electron chi connectivity index (χ2n) is 17.4. The summed E-state index contributed by atoms with van der Waals surface area (Å²) in [5.41, 5.74) is -1.32. The van der Waals surface area contributed by atoms with Crippen molar-refractivity contribution in [3.8, 4) is 11.5 Å². The molecule has 0 aliphatic carbocycles. The first-order valence-electron chi connectivity index (χ1n) is 22.2. The lowest BCUT2D eigenvalue weighted by molar-refractivity contribution is -0.137. The topological polar surface area (TPSA) is 235 Å². The number of amides is 3. The molecule has 0 spiro atoms. The number of benzene rings is 4. The molecule has 0 fully saturated rings. The van der Waals surface area contributed by atoms with Gasteiger partial charge in [-0.1, -0.05) is 107 Å². The van der Waals surface area contributed by atoms with Gasteiger partial charge in [0.05, 0.1) is 0 Å². The Morgan fingerprint density at radius 3 is 1.29 bits per heavy atom. The van der Waals surface area contributed by atoms with Crippen molar-refractivity contribution in [2.24, 2.45) is 0 Å². The average Bonchev–Trinajstić information content (AvgIpc) is 3.27. The van der Waals surface area contributed by atoms with Crippen LogP contribution < -0.4 is 26.5 Å². The molecule has 21 heteroatoms. The molecule has 15 nitrogen and oxygen atoms in total. The van der Waals surface area contributed by atoms with Gasteiger partial charge in [-0.3, -0.25) is 23.4 Å². The smallest absolute Gasteiger partial charge is 0.508 e. The normalized spacial score (nSPS) is 11.8. The van der Waals surface area contributed by atoms with Crippen molar-refractivity contribution in [3.05, 3.63) is 109 Å². The molecule has 0 aromatic heterocycles. The molecule has 0 radical (unpaired) electrons. The number of aromatic hydroxyl groups is 2. The van der Waals surface area contributed by atoms with Gasteiger partial charge in [-0.2, -0.15) is 21.6 Å². The zero-order chi connectivity index (χ0) is 51.7. The first-order valence-corrected chi connectivity index (χ1v) is 28.3. The summed E-state index contributed by atoms with van der Waals surface area (Å²) in [4.78, 5) is 46.7. The maximum Gasteiger partial charge on any atom is 0.523 e. The van der Waals surface area contributed by atoms with Crippen LogP contribution in [0.1, 0.15) is 97.8 Å². The van der Waals surface area contributed by atoms with Gasteiger partial charge in [0.15, 0.2) is 0 Å². The molecule has 0 unspecified atom stereocenters. The van der Waals surface area contributed by atoms with Gasteiger partial charge in [-0.15, -0.1) is 0 Å². The van der Waals surface area contributed by atoms with Crippen LogP contribution in [0.4, 0.5) is 24.5 Å². The molecule has 0 aliphatic heterocycles. The lowest BCUT2D eigenvalue weighted by atomic mass is 10.1. The van der Waals surface area contributed by atoms with Crippen LogP contribution in [-0.2, 0) is 42.6 Å². The number of hydrogen-bond acceptors (Lipinski definition) is 11. The summed E-state index contributed by atoms with van der Waals surface area (Å²) in [6.07, 6.45) is 6.79. The van der Waals surface area contributed by atoms with Crippen LogP contribution >= 0.6 is 7.14 Å². The minimum Gasteiger partial charge on any atom is -0.508 e. The highest BCUT2D eigenvalue weighted by molar-refractivity contribution is 7.87. The Balaban J connectivity index is 0.000000423. The molecule has 0 saturated carbocycles. The molecule has 4 aromatic carbocycles. The maximum absolute atomic E-state index is 12.8. The van der Waals surface area contributed by atoms with Crippen LogP contribution in [0.15, 0.2) is 109 Å². The zero-order valence-electron chi connectivity index (χ0n) is 39.6. The van der Waals surface area contributed by atoms with Crippen LogP contribution in [0.3, 0.4) is 0 Å². The summed E-state index contributed by atoms with van der Waals surface area (Å²) in [6, 6.07) is 33.1.